The van der Waals surface area contributed by atoms with Crippen molar-refractivity contribution < 1.29 is 9.47 Å². The van der Waals surface area contributed by atoms with E-state index in [0.29, 0.717) is 11.5 Å². The van der Waals surface area contributed by atoms with Crippen LogP contribution in [0.1, 0.15) is 6.41 Å². The van der Waals surface area contributed by atoms with E-state index in [-0.39, 0.29) is 5.56 Å². The molecule has 0 amide bonds. The van der Waals surface area contributed by atoms with Crippen molar-refractivity contribution in [1.82, 2.24) is 4.57 Å². The fourth-order valence-corrected chi connectivity index (χ4v) is 1.61. The molecule has 0 atom stereocenters. The van der Waals surface area contributed by atoms with Crippen molar-refractivity contribution in [3.8, 4) is 11.5 Å². The summed E-state index contributed by atoms with van der Waals surface area (Å²) in [6.45, 7) is 0. The highest BCUT2D eigenvalue weighted by Gasteiger charge is 2.25. The molecule has 0 N–H and O–H groups in total. The van der Waals surface area contributed by atoms with Crippen LogP contribution in [0.5, 0.6) is 11.5 Å². The summed E-state index contributed by atoms with van der Waals surface area (Å²) in [6, 6.07) is 12.2. The molecule has 0 unspecified atom stereocenters. The van der Waals surface area contributed by atoms with Crippen LogP contribution in [0.4, 0.5) is 0 Å². The van der Waals surface area contributed by atoms with Gasteiger partial charge in [0.1, 0.15) is 0 Å². The molecule has 2 heterocycles. The number of pyridine rings is 1. The maximum absolute atomic E-state index is 11.6. The monoisotopic (exact) mass is 215 g/mol. The maximum Gasteiger partial charge on any atom is 0.333 e. The highest BCUT2D eigenvalue weighted by Crippen LogP contribution is 2.37. The van der Waals surface area contributed by atoms with Gasteiger partial charge in [0.15, 0.2) is 11.5 Å². The number of rotatable bonds is 1. The van der Waals surface area contributed by atoms with Crippen molar-refractivity contribution in [3.05, 3.63) is 59.0 Å². The molecule has 16 heavy (non-hydrogen) atoms. The Morgan fingerprint density at radius 1 is 0.938 bits per heavy atom. The second-order valence-electron chi connectivity index (χ2n) is 3.44. The number of fused-ring (bicyclic) bond motifs is 1. The summed E-state index contributed by atoms with van der Waals surface area (Å²) >= 11 is 0. The average molecular weight is 215 g/mol. The maximum atomic E-state index is 11.6. The molecule has 4 heteroatoms. The fraction of sp³-hybridized carbons (Fsp3) is 0.0833. The standard InChI is InChI=1S/C12H9NO3/c14-11-7-3-4-8-13(11)12-15-9-5-1-2-6-10(9)16-12/h1-8,12H. The number of nitrogens with zero attached hydrogens (tertiary/aromatic N) is 1. The van der Waals surface area contributed by atoms with Gasteiger partial charge in [0.25, 0.3) is 5.56 Å². The van der Waals surface area contributed by atoms with Crippen LogP contribution in [-0.2, 0) is 0 Å². The molecule has 0 bridgehead atoms. The Kier molecular flexibility index (Phi) is 1.93. The number of aromatic nitrogens is 1. The van der Waals surface area contributed by atoms with E-state index in [2.05, 4.69) is 0 Å². The summed E-state index contributed by atoms with van der Waals surface area (Å²) in [7, 11) is 0. The lowest BCUT2D eigenvalue weighted by atomic mass is 10.3. The highest BCUT2D eigenvalue weighted by atomic mass is 16.7. The van der Waals surface area contributed by atoms with E-state index in [1.165, 1.54) is 10.6 Å². The number of para-hydroxylation sites is 2. The molecule has 0 spiro atoms. The van der Waals surface area contributed by atoms with Crippen LogP contribution < -0.4 is 15.0 Å². The van der Waals surface area contributed by atoms with Crippen molar-refractivity contribution in [3.63, 3.8) is 0 Å². The van der Waals surface area contributed by atoms with Gasteiger partial charge in [-0.25, -0.2) is 4.57 Å². The van der Waals surface area contributed by atoms with E-state index in [1.54, 1.807) is 18.3 Å². The smallest absolute Gasteiger partial charge is 0.333 e. The van der Waals surface area contributed by atoms with Crippen LogP contribution in [0.2, 0.25) is 0 Å². The zero-order chi connectivity index (χ0) is 11.0. The van der Waals surface area contributed by atoms with Gasteiger partial charge in [-0.3, -0.25) is 4.79 Å². The summed E-state index contributed by atoms with van der Waals surface area (Å²) < 4.78 is 12.4. The molecule has 0 fully saturated rings. The van der Waals surface area contributed by atoms with Crippen LogP contribution in [0.25, 0.3) is 0 Å². The third-order valence-electron chi connectivity index (χ3n) is 2.38. The molecule has 0 saturated heterocycles. The molecule has 0 radical (unpaired) electrons. The van der Waals surface area contributed by atoms with Crippen LogP contribution in [-0.4, -0.2) is 4.57 Å². The molecule has 1 aromatic carbocycles. The van der Waals surface area contributed by atoms with Gasteiger partial charge >= 0.3 is 6.41 Å². The Morgan fingerprint density at radius 2 is 1.56 bits per heavy atom. The lowest BCUT2D eigenvalue weighted by Crippen LogP contribution is -2.27. The molecule has 0 saturated carbocycles. The summed E-state index contributed by atoms with van der Waals surface area (Å²) in [6.07, 6.45) is 0.935. The molecule has 1 aromatic heterocycles. The number of benzene rings is 1. The van der Waals surface area contributed by atoms with E-state index in [0.717, 1.165) is 0 Å². The van der Waals surface area contributed by atoms with Gasteiger partial charge in [-0.2, -0.15) is 0 Å². The summed E-state index contributed by atoms with van der Waals surface area (Å²) in [5.41, 5.74) is -0.152. The topological polar surface area (TPSA) is 40.5 Å². The minimum atomic E-state index is -0.703. The van der Waals surface area contributed by atoms with Crippen LogP contribution in [0, 0.1) is 0 Å². The molecule has 0 aliphatic carbocycles. The second-order valence-corrected chi connectivity index (χ2v) is 3.44. The zero-order valence-corrected chi connectivity index (χ0v) is 8.37. The van der Waals surface area contributed by atoms with Gasteiger partial charge in [-0.05, 0) is 18.2 Å². The minimum absolute atomic E-state index is 0.152. The van der Waals surface area contributed by atoms with E-state index in [9.17, 15) is 4.79 Å². The average Bonchev–Trinajstić information content (AvgIpc) is 2.73. The first-order valence-electron chi connectivity index (χ1n) is 4.94. The lowest BCUT2D eigenvalue weighted by molar-refractivity contribution is -0.0206. The third-order valence-corrected chi connectivity index (χ3v) is 2.38. The molecular weight excluding hydrogens is 206 g/mol. The van der Waals surface area contributed by atoms with Crippen molar-refractivity contribution in [2.75, 3.05) is 0 Å². The van der Waals surface area contributed by atoms with Gasteiger partial charge < -0.3 is 9.47 Å². The quantitative estimate of drug-likeness (QED) is 0.728. The fourth-order valence-electron chi connectivity index (χ4n) is 1.61. The molecular formula is C12H9NO3. The van der Waals surface area contributed by atoms with Crippen LogP contribution in [0.15, 0.2) is 53.5 Å². The lowest BCUT2D eigenvalue weighted by Gasteiger charge is -2.12. The van der Waals surface area contributed by atoms with Gasteiger partial charge in [0.05, 0.1) is 0 Å². The van der Waals surface area contributed by atoms with Crippen molar-refractivity contribution in [2.24, 2.45) is 0 Å². The van der Waals surface area contributed by atoms with Crippen molar-refractivity contribution >= 4 is 0 Å². The Morgan fingerprint density at radius 3 is 2.19 bits per heavy atom. The first-order chi connectivity index (χ1) is 7.84. The Labute approximate surface area is 91.7 Å². The predicted molar refractivity (Wildman–Crippen MR) is 57.4 cm³/mol. The number of ether oxygens (including phenoxy) is 2. The van der Waals surface area contributed by atoms with Gasteiger partial charge in [-0.15, -0.1) is 0 Å². The Balaban J connectivity index is 1.98. The first kappa shape index (κ1) is 9.03. The van der Waals surface area contributed by atoms with E-state index in [1.807, 2.05) is 24.3 Å². The van der Waals surface area contributed by atoms with E-state index >= 15 is 0 Å². The molecule has 1 aliphatic rings. The highest BCUT2D eigenvalue weighted by molar-refractivity contribution is 5.41. The zero-order valence-electron chi connectivity index (χ0n) is 8.37. The molecule has 1 aliphatic heterocycles. The van der Waals surface area contributed by atoms with E-state index in [4.69, 9.17) is 9.47 Å². The Hall–Kier alpha value is -2.23. The van der Waals surface area contributed by atoms with E-state index < -0.39 is 6.41 Å². The van der Waals surface area contributed by atoms with Gasteiger partial charge in [0, 0.05) is 12.3 Å². The van der Waals surface area contributed by atoms with Gasteiger partial charge in [-0.1, -0.05) is 18.2 Å². The first-order valence-corrected chi connectivity index (χ1v) is 4.94. The molecule has 4 nitrogen and oxygen atoms in total. The molecule has 2 aromatic rings. The largest absolute Gasteiger partial charge is 0.433 e. The predicted octanol–water partition coefficient (Wildman–Crippen LogP) is 1.78. The summed E-state index contributed by atoms with van der Waals surface area (Å²) in [5, 5.41) is 0. The minimum Gasteiger partial charge on any atom is -0.433 e. The van der Waals surface area contributed by atoms with Crippen LogP contribution >= 0.6 is 0 Å². The van der Waals surface area contributed by atoms with Crippen LogP contribution in [0.3, 0.4) is 0 Å². The SMILES string of the molecule is O=c1ccccn1C1Oc2ccccc2O1. The third kappa shape index (κ3) is 1.35. The van der Waals surface area contributed by atoms with Crippen molar-refractivity contribution in [1.29, 1.82) is 0 Å². The summed E-state index contributed by atoms with van der Waals surface area (Å²) in [4.78, 5) is 11.6. The van der Waals surface area contributed by atoms with Gasteiger partial charge in [0.2, 0.25) is 0 Å². The normalized spacial score (nSPS) is 14.0. The Bertz CT molecular complexity index is 551. The number of hydrogen-bond donors (Lipinski definition) is 0. The van der Waals surface area contributed by atoms with Crippen molar-refractivity contribution in [2.45, 2.75) is 6.41 Å². The molecule has 80 valence electrons. The second kappa shape index (κ2) is 3.41. The molecule has 3 rings (SSSR count). The summed E-state index contributed by atoms with van der Waals surface area (Å²) in [5.74, 6) is 1.31. The number of hydrogen-bond acceptors (Lipinski definition) is 3.